The van der Waals surface area contributed by atoms with Crippen LogP contribution in [0.15, 0.2) is 46.9 Å². The molecule has 0 unspecified atom stereocenters. The zero-order valence-corrected chi connectivity index (χ0v) is 17.3. The fourth-order valence-corrected chi connectivity index (χ4v) is 3.80. The Hall–Kier alpha value is -2.74. The summed E-state index contributed by atoms with van der Waals surface area (Å²) in [5, 5.41) is 11.5. The number of rotatable bonds is 5. The summed E-state index contributed by atoms with van der Waals surface area (Å²) >= 11 is 3.21. The molecule has 2 heterocycles. The molecular formula is C21H20BrFN4O2. The van der Waals surface area contributed by atoms with Gasteiger partial charge in [0.15, 0.2) is 12.4 Å². The Balaban J connectivity index is 1.38. The summed E-state index contributed by atoms with van der Waals surface area (Å²) in [6.07, 6.45) is 4.46. The minimum absolute atomic E-state index is 0.177. The van der Waals surface area contributed by atoms with Crippen molar-refractivity contribution in [3.63, 3.8) is 0 Å². The molecule has 1 amide bonds. The topological polar surface area (TPSA) is 69.0 Å². The van der Waals surface area contributed by atoms with Crippen molar-refractivity contribution in [3.05, 3.63) is 58.6 Å². The van der Waals surface area contributed by atoms with Crippen molar-refractivity contribution in [1.82, 2.24) is 14.8 Å². The van der Waals surface area contributed by atoms with E-state index in [-0.39, 0.29) is 18.3 Å². The molecule has 0 fully saturated rings. The standard InChI is InChI=1S/C21H20BrFN4O2/c22-17-12-15(23)7-10-18(17)29-13-20(28)24-16-8-5-14(6-9-16)21-26-25-19-4-2-1-3-11-27(19)21/h5-10,12H,1-4,11,13H2,(H,24,28). The number of halogens is 2. The summed E-state index contributed by atoms with van der Waals surface area (Å²) in [6.45, 7) is 0.760. The Morgan fingerprint density at radius 1 is 1.14 bits per heavy atom. The highest BCUT2D eigenvalue weighted by molar-refractivity contribution is 9.10. The van der Waals surface area contributed by atoms with Crippen molar-refractivity contribution < 1.29 is 13.9 Å². The highest BCUT2D eigenvalue weighted by Crippen LogP contribution is 2.26. The second-order valence-corrected chi connectivity index (χ2v) is 7.75. The van der Waals surface area contributed by atoms with Crippen LogP contribution in [0.3, 0.4) is 0 Å². The number of ether oxygens (including phenoxy) is 1. The van der Waals surface area contributed by atoms with E-state index < -0.39 is 0 Å². The molecule has 4 rings (SSSR count). The third kappa shape index (κ3) is 4.64. The second kappa shape index (κ2) is 8.73. The van der Waals surface area contributed by atoms with Crippen LogP contribution in [-0.4, -0.2) is 27.3 Å². The first kappa shape index (κ1) is 19.6. The van der Waals surface area contributed by atoms with Crippen LogP contribution >= 0.6 is 15.9 Å². The van der Waals surface area contributed by atoms with Crippen molar-refractivity contribution in [2.45, 2.75) is 32.2 Å². The molecule has 0 spiro atoms. The van der Waals surface area contributed by atoms with Crippen LogP contribution in [0.5, 0.6) is 5.75 Å². The maximum absolute atomic E-state index is 13.1. The summed E-state index contributed by atoms with van der Waals surface area (Å²) in [4.78, 5) is 12.2. The van der Waals surface area contributed by atoms with Gasteiger partial charge in [0.25, 0.3) is 5.91 Å². The monoisotopic (exact) mass is 458 g/mol. The Kier molecular flexibility index (Phi) is 5.89. The minimum Gasteiger partial charge on any atom is -0.483 e. The summed E-state index contributed by atoms with van der Waals surface area (Å²) < 4.78 is 21.2. The van der Waals surface area contributed by atoms with E-state index in [1.54, 1.807) is 0 Å². The Labute approximate surface area is 176 Å². The van der Waals surface area contributed by atoms with Gasteiger partial charge in [-0.25, -0.2) is 4.39 Å². The molecule has 3 aromatic rings. The predicted molar refractivity (Wildman–Crippen MR) is 111 cm³/mol. The normalized spacial score (nSPS) is 13.4. The molecule has 8 heteroatoms. The number of nitrogens with zero attached hydrogens (tertiary/aromatic N) is 3. The van der Waals surface area contributed by atoms with Gasteiger partial charge < -0.3 is 14.6 Å². The number of anilines is 1. The molecule has 0 bridgehead atoms. The summed E-state index contributed by atoms with van der Waals surface area (Å²) in [7, 11) is 0. The Bertz CT molecular complexity index is 1020. The maximum Gasteiger partial charge on any atom is 0.262 e. The number of hydrogen-bond acceptors (Lipinski definition) is 4. The molecule has 150 valence electrons. The number of aromatic nitrogens is 3. The summed E-state index contributed by atoms with van der Waals surface area (Å²) in [6, 6.07) is 11.6. The van der Waals surface area contributed by atoms with E-state index in [9.17, 15) is 9.18 Å². The van der Waals surface area contributed by atoms with E-state index in [0.29, 0.717) is 15.9 Å². The summed E-state index contributed by atoms with van der Waals surface area (Å²) in [5.74, 6) is 1.64. The average molecular weight is 459 g/mol. The molecule has 1 aliphatic rings. The van der Waals surface area contributed by atoms with Gasteiger partial charge in [-0.1, -0.05) is 6.42 Å². The first-order chi connectivity index (χ1) is 14.1. The zero-order valence-electron chi connectivity index (χ0n) is 15.7. The van der Waals surface area contributed by atoms with Crippen molar-refractivity contribution in [2.75, 3.05) is 11.9 Å². The lowest BCUT2D eigenvalue weighted by Gasteiger charge is -2.10. The SMILES string of the molecule is O=C(COc1ccc(F)cc1Br)Nc1ccc(-c2nnc3n2CCCCC3)cc1. The van der Waals surface area contributed by atoms with Gasteiger partial charge in [0, 0.05) is 24.2 Å². The number of benzene rings is 2. The number of fused-ring (bicyclic) bond motifs is 1. The third-order valence-electron chi connectivity index (χ3n) is 4.79. The molecule has 29 heavy (non-hydrogen) atoms. The first-order valence-electron chi connectivity index (χ1n) is 9.50. The number of nitrogens with one attached hydrogen (secondary N) is 1. The molecule has 1 N–H and O–H groups in total. The smallest absolute Gasteiger partial charge is 0.262 e. The van der Waals surface area contributed by atoms with Crippen LogP contribution < -0.4 is 10.1 Å². The Morgan fingerprint density at radius 3 is 2.76 bits per heavy atom. The van der Waals surface area contributed by atoms with E-state index in [1.165, 1.54) is 24.6 Å². The van der Waals surface area contributed by atoms with Gasteiger partial charge in [-0.15, -0.1) is 10.2 Å². The number of aryl methyl sites for hydroxylation is 1. The number of hydrogen-bond donors (Lipinski definition) is 1. The van der Waals surface area contributed by atoms with Gasteiger partial charge >= 0.3 is 0 Å². The molecule has 0 aliphatic carbocycles. The van der Waals surface area contributed by atoms with Crippen molar-refractivity contribution in [3.8, 4) is 17.1 Å². The van der Waals surface area contributed by atoms with E-state index in [4.69, 9.17) is 4.74 Å². The van der Waals surface area contributed by atoms with Crippen LogP contribution in [0, 0.1) is 5.82 Å². The van der Waals surface area contributed by atoms with Gasteiger partial charge in [0.05, 0.1) is 4.47 Å². The van der Waals surface area contributed by atoms with Gasteiger partial charge in [-0.05, 0) is 71.2 Å². The van der Waals surface area contributed by atoms with E-state index in [2.05, 4.69) is 36.0 Å². The second-order valence-electron chi connectivity index (χ2n) is 6.89. The molecule has 6 nitrogen and oxygen atoms in total. The lowest BCUT2D eigenvalue weighted by molar-refractivity contribution is -0.118. The van der Waals surface area contributed by atoms with Gasteiger partial charge in [-0.3, -0.25) is 4.79 Å². The predicted octanol–water partition coefficient (Wildman–Crippen LogP) is 4.59. The largest absolute Gasteiger partial charge is 0.483 e. The number of carbonyl (C=O) groups excluding carboxylic acids is 1. The molecule has 0 saturated carbocycles. The highest BCUT2D eigenvalue weighted by atomic mass is 79.9. The lowest BCUT2D eigenvalue weighted by Crippen LogP contribution is -2.20. The van der Waals surface area contributed by atoms with E-state index >= 15 is 0 Å². The van der Waals surface area contributed by atoms with Crippen LogP contribution in [0.25, 0.3) is 11.4 Å². The molecular weight excluding hydrogens is 439 g/mol. The van der Waals surface area contributed by atoms with Crippen LogP contribution in [0.1, 0.15) is 25.1 Å². The number of amides is 1. The lowest BCUT2D eigenvalue weighted by atomic mass is 10.2. The average Bonchev–Trinajstić information content (AvgIpc) is 2.96. The zero-order chi connectivity index (χ0) is 20.2. The van der Waals surface area contributed by atoms with Crippen LogP contribution in [0.4, 0.5) is 10.1 Å². The summed E-state index contributed by atoms with van der Waals surface area (Å²) in [5.41, 5.74) is 1.63. The molecule has 2 aromatic carbocycles. The Morgan fingerprint density at radius 2 is 1.97 bits per heavy atom. The molecule has 0 saturated heterocycles. The van der Waals surface area contributed by atoms with Crippen LogP contribution in [0.2, 0.25) is 0 Å². The fourth-order valence-electron chi connectivity index (χ4n) is 3.33. The van der Waals surface area contributed by atoms with Crippen molar-refractivity contribution >= 4 is 27.5 Å². The highest BCUT2D eigenvalue weighted by Gasteiger charge is 2.16. The molecule has 0 atom stereocenters. The van der Waals surface area contributed by atoms with Crippen molar-refractivity contribution in [2.24, 2.45) is 0 Å². The maximum atomic E-state index is 13.1. The van der Waals surface area contributed by atoms with Crippen molar-refractivity contribution in [1.29, 1.82) is 0 Å². The number of carbonyl (C=O) groups is 1. The minimum atomic E-state index is -0.377. The van der Waals surface area contributed by atoms with Crippen LogP contribution in [-0.2, 0) is 17.8 Å². The fraction of sp³-hybridized carbons (Fsp3) is 0.286. The third-order valence-corrected chi connectivity index (χ3v) is 5.41. The van der Waals surface area contributed by atoms with E-state index in [0.717, 1.165) is 43.0 Å². The first-order valence-corrected chi connectivity index (χ1v) is 10.3. The molecule has 1 aliphatic heterocycles. The molecule has 1 aromatic heterocycles. The van der Waals surface area contributed by atoms with Gasteiger partial charge in [0.2, 0.25) is 0 Å². The van der Waals surface area contributed by atoms with Gasteiger partial charge in [0.1, 0.15) is 17.4 Å². The van der Waals surface area contributed by atoms with Gasteiger partial charge in [-0.2, -0.15) is 0 Å². The quantitative estimate of drug-likeness (QED) is 0.606. The molecule has 0 radical (unpaired) electrons. The van der Waals surface area contributed by atoms with E-state index in [1.807, 2.05) is 24.3 Å².